The molecule has 1 aliphatic heterocycles. The average Bonchev–Trinajstić information content (AvgIpc) is 3.01. The molecule has 0 saturated carbocycles. The lowest BCUT2D eigenvalue weighted by Gasteiger charge is -2.28. The SMILES string of the molecule is Br.COCC(C)(C)Oc1ccc2c(c1)C(=N)N(CC(=O)c1cc(C(C)(C)C)c(O)c(C(C)(C)C)c1)C2. The first-order chi connectivity index (χ1) is 16.0. The standard InChI is InChI=1S/C29H40N2O4.BrH/c1-27(2,3)22-12-19(13-23(25(22)33)28(4,5)6)24(32)16-31-15-18-10-11-20(14-21(18)26(31)30)35-29(7,8)17-34-9;/h10-14,30,33H,15-17H2,1-9H3;1H. The van der Waals surface area contributed by atoms with E-state index in [-0.39, 0.29) is 45.9 Å². The van der Waals surface area contributed by atoms with E-state index in [9.17, 15) is 9.90 Å². The van der Waals surface area contributed by atoms with Crippen LogP contribution in [-0.2, 0) is 22.1 Å². The van der Waals surface area contributed by atoms with E-state index in [1.165, 1.54) is 0 Å². The Labute approximate surface area is 226 Å². The molecule has 0 radical (unpaired) electrons. The van der Waals surface area contributed by atoms with Gasteiger partial charge in [0, 0.05) is 35.9 Å². The Kier molecular flexibility index (Phi) is 8.74. The topological polar surface area (TPSA) is 82.9 Å². The monoisotopic (exact) mass is 560 g/mol. The van der Waals surface area contributed by atoms with Crippen LogP contribution in [0.1, 0.15) is 88.0 Å². The number of nitrogens with zero attached hydrogens (tertiary/aromatic N) is 1. The van der Waals surface area contributed by atoms with Crippen LogP contribution >= 0.6 is 17.0 Å². The maximum atomic E-state index is 13.4. The summed E-state index contributed by atoms with van der Waals surface area (Å²) in [6.45, 7) is 17.1. The molecular formula is C29H41BrN2O4. The number of aromatic hydroxyl groups is 1. The zero-order chi connectivity index (χ0) is 26.3. The van der Waals surface area contributed by atoms with Crippen molar-refractivity contribution in [3.05, 3.63) is 58.1 Å². The van der Waals surface area contributed by atoms with Gasteiger partial charge in [0.15, 0.2) is 5.78 Å². The van der Waals surface area contributed by atoms with Crippen molar-refractivity contribution in [2.45, 2.75) is 78.4 Å². The number of ether oxygens (including phenoxy) is 2. The van der Waals surface area contributed by atoms with Crippen molar-refractivity contribution < 1.29 is 19.4 Å². The summed E-state index contributed by atoms with van der Waals surface area (Å²) >= 11 is 0. The number of halogens is 1. The highest BCUT2D eigenvalue weighted by atomic mass is 79.9. The molecule has 0 amide bonds. The minimum atomic E-state index is -0.492. The Bertz CT molecular complexity index is 1110. The Morgan fingerprint density at radius 1 is 1.00 bits per heavy atom. The molecule has 6 nitrogen and oxygen atoms in total. The number of ketones is 1. The van der Waals surface area contributed by atoms with Gasteiger partial charge in [0.1, 0.15) is 22.9 Å². The maximum Gasteiger partial charge on any atom is 0.182 e. The molecule has 2 N–H and O–H groups in total. The van der Waals surface area contributed by atoms with E-state index in [0.29, 0.717) is 30.3 Å². The number of phenolic OH excluding ortho intramolecular Hbond substituents is 1. The summed E-state index contributed by atoms with van der Waals surface area (Å²) in [7, 11) is 1.64. The number of Topliss-reactive ketones (excluding diaryl/α,β-unsaturated/α-hetero) is 1. The molecule has 0 saturated heterocycles. The second-order valence-corrected chi connectivity index (χ2v) is 12.2. The van der Waals surface area contributed by atoms with Gasteiger partial charge in [-0.1, -0.05) is 47.6 Å². The largest absolute Gasteiger partial charge is 0.507 e. The van der Waals surface area contributed by atoms with E-state index in [0.717, 1.165) is 22.3 Å². The molecule has 2 aromatic carbocycles. The predicted molar refractivity (Wildman–Crippen MR) is 150 cm³/mol. The minimum absolute atomic E-state index is 0. The zero-order valence-electron chi connectivity index (χ0n) is 23.0. The van der Waals surface area contributed by atoms with Crippen LogP contribution in [-0.4, -0.2) is 47.5 Å². The van der Waals surface area contributed by atoms with E-state index >= 15 is 0 Å². The van der Waals surface area contributed by atoms with Crippen molar-refractivity contribution in [1.29, 1.82) is 5.41 Å². The highest BCUT2D eigenvalue weighted by Crippen LogP contribution is 2.40. The van der Waals surface area contributed by atoms with Gasteiger partial charge in [-0.2, -0.15) is 0 Å². The van der Waals surface area contributed by atoms with Crippen molar-refractivity contribution in [2.24, 2.45) is 0 Å². The van der Waals surface area contributed by atoms with Crippen molar-refractivity contribution in [1.82, 2.24) is 4.90 Å². The van der Waals surface area contributed by atoms with E-state index in [1.54, 1.807) is 12.0 Å². The lowest BCUT2D eigenvalue weighted by atomic mass is 9.78. The van der Waals surface area contributed by atoms with Gasteiger partial charge in [-0.15, -0.1) is 17.0 Å². The molecule has 0 aliphatic carbocycles. The third kappa shape index (κ3) is 6.48. The number of hydrogen-bond acceptors (Lipinski definition) is 5. The Morgan fingerprint density at radius 3 is 2.06 bits per heavy atom. The highest BCUT2D eigenvalue weighted by molar-refractivity contribution is 8.93. The van der Waals surface area contributed by atoms with Crippen LogP contribution in [0.15, 0.2) is 30.3 Å². The number of carbonyl (C=O) groups is 1. The summed E-state index contributed by atoms with van der Waals surface area (Å²) < 4.78 is 11.3. The summed E-state index contributed by atoms with van der Waals surface area (Å²) in [5.74, 6) is 1.17. The second kappa shape index (κ2) is 10.5. The van der Waals surface area contributed by atoms with E-state index < -0.39 is 5.60 Å². The molecule has 7 heteroatoms. The zero-order valence-corrected chi connectivity index (χ0v) is 24.7. The molecule has 2 aromatic rings. The number of hydrogen-bond donors (Lipinski definition) is 2. The quantitative estimate of drug-likeness (QED) is 0.383. The summed E-state index contributed by atoms with van der Waals surface area (Å²) in [5, 5.41) is 19.7. The van der Waals surface area contributed by atoms with Gasteiger partial charge >= 0.3 is 0 Å². The van der Waals surface area contributed by atoms with E-state index in [4.69, 9.17) is 14.9 Å². The van der Waals surface area contributed by atoms with Gasteiger partial charge < -0.3 is 19.5 Å². The van der Waals surface area contributed by atoms with Gasteiger partial charge in [0.25, 0.3) is 0 Å². The number of methoxy groups -OCH3 is 1. The van der Waals surface area contributed by atoms with Crippen LogP contribution in [0.2, 0.25) is 0 Å². The first-order valence-electron chi connectivity index (χ1n) is 12.1. The van der Waals surface area contributed by atoms with Crippen LogP contribution in [0, 0.1) is 5.41 Å². The Hall–Kier alpha value is -2.38. The van der Waals surface area contributed by atoms with Crippen molar-refractivity contribution in [3.8, 4) is 11.5 Å². The summed E-state index contributed by atoms with van der Waals surface area (Å²) in [5.41, 5.74) is 2.73. The van der Waals surface area contributed by atoms with E-state index in [2.05, 4.69) is 0 Å². The van der Waals surface area contributed by atoms with Crippen LogP contribution in [0.5, 0.6) is 11.5 Å². The molecule has 0 fully saturated rings. The smallest absolute Gasteiger partial charge is 0.182 e. The normalized spacial score (nSPS) is 13.9. The maximum absolute atomic E-state index is 13.4. The molecule has 1 aliphatic rings. The summed E-state index contributed by atoms with van der Waals surface area (Å²) in [6.07, 6.45) is 0. The molecule has 198 valence electrons. The lowest BCUT2D eigenvalue weighted by Crippen LogP contribution is -2.33. The fourth-order valence-electron chi connectivity index (χ4n) is 4.47. The third-order valence-electron chi connectivity index (χ3n) is 6.28. The summed E-state index contributed by atoms with van der Waals surface area (Å²) in [6, 6.07) is 9.35. The number of nitrogens with one attached hydrogen (secondary N) is 1. The number of rotatable bonds is 7. The van der Waals surface area contributed by atoms with Gasteiger partial charge in [0.2, 0.25) is 0 Å². The molecular weight excluding hydrogens is 520 g/mol. The predicted octanol–water partition coefficient (Wildman–Crippen LogP) is 6.39. The molecule has 0 atom stereocenters. The Morgan fingerprint density at radius 2 is 1.56 bits per heavy atom. The van der Waals surface area contributed by atoms with Crippen LogP contribution in [0.25, 0.3) is 0 Å². The molecule has 0 spiro atoms. The molecule has 36 heavy (non-hydrogen) atoms. The minimum Gasteiger partial charge on any atom is -0.507 e. The van der Waals surface area contributed by atoms with Gasteiger partial charge in [-0.25, -0.2) is 0 Å². The van der Waals surface area contributed by atoms with E-state index in [1.807, 2.05) is 85.7 Å². The number of benzene rings is 2. The van der Waals surface area contributed by atoms with Crippen molar-refractivity contribution in [2.75, 3.05) is 20.3 Å². The van der Waals surface area contributed by atoms with Gasteiger partial charge in [-0.3, -0.25) is 10.2 Å². The number of carbonyl (C=O) groups excluding carboxylic acids is 1. The van der Waals surface area contributed by atoms with Crippen molar-refractivity contribution in [3.63, 3.8) is 0 Å². The average molecular weight is 562 g/mol. The molecule has 0 aromatic heterocycles. The van der Waals surface area contributed by atoms with Crippen molar-refractivity contribution >= 4 is 28.6 Å². The van der Waals surface area contributed by atoms with Gasteiger partial charge in [-0.05, 0) is 54.5 Å². The third-order valence-corrected chi connectivity index (χ3v) is 6.28. The second-order valence-electron chi connectivity index (χ2n) is 12.2. The first kappa shape index (κ1) is 29.8. The molecule has 0 unspecified atom stereocenters. The highest BCUT2D eigenvalue weighted by Gasteiger charge is 2.31. The number of amidine groups is 1. The Balaban J connectivity index is 0.00000456. The lowest BCUT2D eigenvalue weighted by molar-refractivity contribution is 0.0180. The van der Waals surface area contributed by atoms with Crippen LogP contribution in [0.4, 0.5) is 0 Å². The fourth-order valence-corrected chi connectivity index (χ4v) is 4.47. The molecule has 1 heterocycles. The number of phenols is 1. The summed E-state index contributed by atoms with van der Waals surface area (Å²) in [4.78, 5) is 15.2. The molecule has 0 bridgehead atoms. The van der Waals surface area contributed by atoms with Crippen LogP contribution < -0.4 is 4.74 Å². The number of fused-ring (bicyclic) bond motifs is 1. The first-order valence-corrected chi connectivity index (χ1v) is 12.1. The van der Waals surface area contributed by atoms with Gasteiger partial charge in [0.05, 0.1) is 13.2 Å². The molecule has 3 rings (SSSR count). The fraction of sp³-hybridized carbons (Fsp3) is 0.517. The van der Waals surface area contributed by atoms with Crippen LogP contribution in [0.3, 0.4) is 0 Å².